The highest BCUT2D eigenvalue weighted by atomic mass is 35.5. The third-order valence-corrected chi connectivity index (χ3v) is 4.83. The lowest BCUT2D eigenvalue weighted by Gasteiger charge is -2.06. The second-order valence-electron chi connectivity index (χ2n) is 6.61. The summed E-state index contributed by atoms with van der Waals surface area (Å²) in [5.74, 6) is -0.921. The molecule has 154 valence electrons. The van der Waals surface area contributed by atoms with Gasteiger partial charge in [-0.2, -0.15) is 9.61 Å². The van der Waals surface area contributed by atoms with Gasteiger partial charge in [0.05, 0.1) is 17.9 Å². The Morgan fingerprint density at radius 1 is 1.20 bits per heavy atom. The molecule has 0 radical (unpaired) electrons. The number of nitrogens with zero attached hydrogens (tertiary/aromatic N) is 6. The average molecular weight is 429 g/mol. The van der Waals surface area contributed by atoms with Gasteiger partial charge in [0.1, 0.15) is 6.33 Å². The number of methoxy groups -OCH3 is 1. The summed E-state index contributed by atoms with van der Waals surface area (Å²) >= 11 is 6.00. The number of halogens is 1. The van der Waals surface area contributed by atoms with Gasteiger partial charge < -0.3 is 9.84 Å². The zero-order chi connectivity index (χ0) is 21.3. The van der Waals surface area contributed by atoms with E-state index in [1.54, 1.807) is 19.2 Å². The van der Waals surface area contributed by atoms with Gasteiger partial charge in [0.25, 0.3) is 5.56 Å². The van der Waals surface area contributed by atoms with E-state index in [9.17, 15) is 9.59 Å². The fourth-order valence-electron chi connectivity index (χ4n) is 3.21. The normalized spacial score (nSPS) is 11.4. The van der Waals surface area contributed by atoms with Crippen LogP contribution >= 0.6 is 11.6 Å². The number of carbonyl (C=O) groups is 1. The van der Waals surface area contributed by atoms with Crippen molar-refractivity contribution < 1.29 is 14.6 Å². The Hall–Kier alpha value is -3.37. The molecule has 0 aliphatic heterocycles. The molecule has 1 N–H and O–H groups in total. The number of fused-ring (bicyclic) bond motifs is 3. The second-order valence-corrected chi connectivity index (χ2v) is 7.05. The first-order chi connectivity index (χ1) is 14.5. The summed E-state index contributed by atoms with van der Waals surface area (Å²) < 4.78 is 8.08. The summed E-state index contributed by atoms with van der Waals surface area (Å²) in [6.45, 7) is 0.451. The summed E-state index contributed by atoms with van der Waals surface area (Å²) in [7, 11) is 1.56. The van der Waals surface area contributed by atoms with E-state index in [2.05, 4.69) is 20.3 Å². The number of hydrogen-bond acceptors (Lipinski definition) is 7. The Kier molecular flexibility index (Phi) is 5.42. The van der Waals surface area contributed by atoms with Crippen molar-refractivity contribution in [3.8, 4) is 11.1 Å². The molecule has 4 rings (SSSR count). The zero-order valence-corrected chi connectivity index (χ0v) is 16.7. The number of rotatable bonds is 7. The quantitative estimate of drug-likeness (QED) is 0.474. The first kappa shape index (κ1) is 19.9. The lowest BCUT2D eigenvalue weighted by atomic mass is 10.1. The highest BCUT2D eigenvalue weighted by molar-refractivity contribution is 6.30. The molecular weight excluding hydrogens is 412 g/mol. The smallest absolute Gasteiger partial charge is 0.303 e. The van der Waals surface area contributed by atoms with Gasteiger partial charge in [0.15, 0.2) is 16.8 Å². The van der Waals surface area contributed by atoms with Crippen LogP contribution in [0.25, 0.3) is 27.9 Å². The summed E-state index contributed by atoms with van der Waals surface area (Å²) in [6, 6.07) is 7.22. The van der Waals surface area contributed by atoms with Gasteiger partial charge in [-0.05, 0) is 24.1 Å². The Bertz CT molecular complexity index is 1300. The molecule has 1 aromatic carbocycles. The minimum absolute atomic E-state index is 0.0425. The lowest BCUT2D eigenvalue weighted by molar-refractivity contribution is -0.137. The predicted molar refractivity (Wildman–Crippen MR) is 108 cm³/mol. The van der Waals surface area contributed by atoms with Gasteiger partial charge >= 0.3 is 5.97 Å². The van der Waals surface area contributed by atoms with Crippen LogP contribution in [0.4, 0.5) is 0 Å². The molecule has 0 saturated heterocycles. The highest BCUT2D eigenvalue weighted by Gasteiger charge is 2.20. The third kappa shape index (κ3) is 3.62. The molecular formula is C19H17ClN6O4. The molecule has 0 atom stereocenters. The largest absolute Gasteiger partial charge is 0.481 e. The molecule has 4 aromatic rings. The van der Waals surface area contributed by atoms with Crippen molar-refractivity contribution in [2.24, 2.45) is 0 Å². The van der Waals surface area contributed by atoms with Crippen molar-refractivity contribution in [1.82, 2.24) is 29.4 Å². The van der Waals surface area contributed by atoms with Crippen molar-refractivity contribution in [1.29, 1.82) is 0 Å². The van der Waals surface area contributed by atoms with E-state index in [-0.39, 0.29) is 30.7 Å². The van der Waals surface area contributed by atoms with Crippen molar-refractivity contribution in [3.63, 3.8) is 0 Å². The summed E-state index contributed by atoms with van der Waals surface area (Å²) in [5.41, 5.74) is 2.51. The van der Waals surface area contributed by atoms with Crippen LogP contribution in [0.5, 0.6) is 0 Å². The average Bonchev–Trinajstić information content (AvgIpc) is 3.09. The van der Waals surface area contributed by atoms with Gasteiger partial charge in [0.2, 0.25) is 0 Å². The van der Waals surface area contributed by atoms with Gasteiger partial charge in [-0.25, -0.2) is 4.98 Å². The number of hydrogen-bond donors (Lipinski definition) is 1. The van der Waals surface area contributed by atoms with Crippen molar-refractivity contribution in [2.75, 3.05) is 7.11 Å². The van der Waals surface area contributed by atoms with Crippen LogP contribution in [0.2, 0.25) is 5.02 Å². The van der Waals surface area contributed by atoms with Crippen LogP contribution < -0.4 is 5.56 Å². The SMILES string of the molecule is COCc1nn2c(nnc3c(=O)n(CCCC(=O)O)cnc32)c1-c1ccc(Cl)cc1. The van der Waals surface area contributed by atoms with Gasteiger partial charge in [0, 0.05) is 25.1 Å². The minimum atomic E-state index is -0.921. The molecule has 0 aliphatic carbocycles. The maximum absolute atomic E-state index is 12.8. The number of aryl methyl sites for hydroxylation is 1. The monoisotopic (exact) mass is 428 g/mol. The molecule has 0 aliphatic rings. The van der Waals surface area contributed by atoms with Crippen LogP contribution in [0.15, 0.2) is 35.4 Å². The molecule has 0 bridgehead atoms. The Labute approximate surface area is 174 Å². The first-order valence-corrected chi connectivity index (χ1v) is 9.47. The molecule has 0 saturated carbocycles. The molecule has 0 amide bonds. The maximum atomic E-state index is 12.8. The summed E-state index contributed by atoms with van der Waals surface area (Å²) in [6.07, 6.45) is 1.63. The third-order valence-electron chi connectivity index (χ3n) is 4.58. The van der Waals surface area contributed by atoms with Crippen LogP contribution in [0, 0.1) is 0 Å². The highest BCUT2D eigenvalue weighted by Crippen LogP contribution is 2.29. The Balaban J connectivity index is 1.86. The lowest BCUT2D eigenvalue weighted by Crippen LogP contribution is -2.23. The van der Waals surface area contributed by atoms with Crippen LogP contribution in [-0.2, 0) is 22.7 Å². The molecule has 10 nitrogen and oxygen atoms in total. The maximum Gasteiger partial charge on any atom is 0.303 e. The van der Waals surface area contributed by atoms with Gasteiger partial charge in [-0.1, -0.05) is 23.7 Å². The summed E-state index contributed by atoms with van der Waals surface area (Å²) in [4.78, 5) is 27.8. The predicted octanol–water partition coefficient (Wildman–Crippen LogP) is 2.17. The number of carboxylic acid groups (broad SMARTS) is 1. The number of aliphatic carboxylic acids is 1. The van der Waals surface area contributed by atoms with Crippen LogP contribution in [0.1, 0.15) is 18.5 Å². The number of aromatic nitrogens is 6. The van der Waals surface area contributed by atoms with E-state index in [4.69, 9.17) is 21.4 Å². The fourth-order valence-corrected chi connectivity index (χ4v) is 3.34. The van der Waals surface area contributed by atoms with E-state index in [0.29, 0.717) is 22.8 Å². The fraction of sp³-hybridized carbons (Fsp3) is 0.263. The van der Waals surface area contributed by atoms with Gasteiger partial charge in [-0.15, -0.1) is 10.2 Å². The van der Waals surface area contributed by atoms with E-state index in [1.807, 2.05) is 12.1 Å². The van der Waals surface area contributed by atoms with Crippen molar-refractivity contribution in [3.05, 3.63) is 51.7 Å². The minimum Gasteiger partial charge on any atom is -0.481 e. The molecule has 30 heavy (non-hydrogen) atoms. The van der Waals surface area contributed by atoms with Crippen molar-refractivity contribution >= 4 is 34.4 Å². The van der Waals surface area contributed by atoms with Gasteiger partial charge in [-0.3, -0.25) is 14.2 Å². The Morgan fingerprint density at radius 2 is 1.97 bits per heavy atom. The van der Waals surface area contributed by atoms with E-state index >= 15 is 0 Å². The summed E-state index contributed by atoms with van der Waals surface area (Å²) in [5, 5.41) is 22.3. The van der Waals surface area contributed by atoms with Crippen LogP contribution in [0.3, 0.4) is 0 Å². The number of ether oxygens (including phenoxy) is 1. The first-order valence-electron chi connectivity index (χ1n) is 9.09. The van der Waals surface area contributed by atoms with E-state index < -0.39 is 11.5 Å². The van der Waals surface area contributed by atoms with Crippen LogP contribution in [-0.4, -0.2) is 47.5 Å². The number of benzene rings is 1. The van der Waals surface area contributed by atoms with E-state index in [1.165, 1.54) is 15.4 Å². The molecule has 3 aromatic heterocycles. The Morgan fingerprint density at radius 3 is 2.67 bits per heavy atom. The molecule has 0 fully saturated rings. The standard InChI is InChI=1S/C19H17ClN6O4/c1-30-9-13-15(11-4-6-12(20)7-5-11)17-23-22-16-18(26(17)24-13)21-10-25(19(16)29)8-2-3-14(27)28/h4-7,10H,2-3,8-9H2,1H3,(H,27,28). The molecule has 3 heterocycles. The van der Waals surface area contributed by atoms with Crippen molar-refractivity contribution in [2.45, 2.75) is 26.0 Å². The molecule has 11 heteroatoms. The second kappa shape index (κ2) is 8.17. The molecule has 0 unspecified atom stereocenters. The zero-order valence-electron chi connectivity index (χ0n) is 15.9. The topological polar surface area (TPSA) is 124 Å². The number of carboxylic acids is 1. The molecule has 0 spiro atoms. The van der Waals surface area contributed by atoms with E-state index in [0.717, 1.165) is 11.1 Å².